The van der Waals surface area contributed by atoms with Crippen LogP contribution in [0.1, 0.15) is 23.4 Å². The summed E-state index contributed by atoms with van der Waals surface area (Å²) in [4.78, 5) is 11.5. The fraction of sp³-hybridized carbons (Fsp3) is 0.417. The highest BCUT2D eigenvalue weighted by molar-refractivity contribution is 5.79. The molecule has 0 fully saturated rings. The van der Waals surface area contributed by atoms with E-state index in [-0.39, 0.29) is 0 Å². The summed E-state index contributed by atoms with van der Waals surface area (Å²) in [5.41, 5.74) is 5.25. The number of benzene rings is 2. The molecule has 0 radical (unpaired) electrons. The van der Waals surface area contributed by atoms with E-state index >= 15 is 0 Å². The minimum atomic E-state index is 0.875. The van der Waals surface area contributed by atoms with Gasteiger partial charge in [-0.3, -0.25) is 9.89 Å². The SMILES string of the molecule is CN=C(NCCCn1c(C)nc2ccccc21)NCCN1CCc2ccccc2C1. The van der Waals surface area contributed by atoms with Gasteiger partial charge in [-0.2, -0.15) is 0 Å². The van der Waals surface area contributed by atoms with Crippen LogP contribution >= 0.6 is 0 Å². The number of imidazole rings is 1. The monoisotopic (exact) mass is 404 g/mol. The highest BCUT2D eigenvalue weighted by Crippen LogP contribution is 2.18. The van der Waals surface area contributed by atoms with Crippen LogP contribution in [0.4, 0.5) is 0 Å². The first-order valence-electron chi connectivity index (χ1n) is 10.9. The first-order chi connectivity index (χ1) is 14.7. The summed E-state index contributed by atoms with van der Waals surface area (Å²) in [6.45, 7) is 7.99. The van der Waals surface area contributed by atoms with Gasteiger partial charge < -0.3 is 15.2 Å². The van der Waals surface area contributed by atoms with Crippen LogP contribution in [0.2, 0.25) is 0 Å². The summed E-state index contributed by atoms with van der Waals surface area (Å²) in [5, 5.41) is 6.89. The molecule has 1 aliphatic heterocycles. The molecule has 0 unspecified atom stereocenters. The number of guanidine groups is 1. The van der Waals surface area contributed by atoms with E-state index in [0.717, 1.165) is 69.4 Å². The highest BCUT2D eigenvalue weighted by Gasteiger charge is 2.15. The second kappa shape index (κ2) is 9.76. The van der Waals surface area contributed by atoms with Crippen molar-refractivity contribution in [2.75, 3.05) is 33.2 Å². The predicted molar refractivity (Wildman–Crippen MR) is 124 cm³/mol. The number of aliphatic imine (C=N–C) groups is 1. The number of aryl methyl sites for hydroxylation is 2. The van der Waals surface area contributed by atoms with E-state index in [1.54, 1.807) is 0 Å². The maximum Gasteiger partial charge on any atom is 0.191 e. The molecule has 3 aromatic rings. The summed E-state index contributed by atoms with van der Waals surface area (Å²) in [7, 11) is 1.83. The van der Waals surface area contributed by atoms with Gasteiger partial charge in [0.1, 0.15) is 5.82 Å². The van der Waals surface area contributed by atoms with Crippen molar-refractivity contribution in [3.05, 3.63) is 65.5 Å². The average molecular weight is 405 g/mol. The van der Waals surface area contributed by atoms with Crippen LogP contribution in [0, 0.1) is 6.92 Å². The zero-order chi connectivity index (χ0) is 20.8. The summed E-state index contributed by atoms with van der Waals surface area (Å²) in [6.07, 6.45) is 2.16. The predicted octanol–water partition coefficient (Wildman–Crippen LogP) is 2.96. The van der Waals surface area contributed by atoms with Crippen LogP contribution in [0.15, 0.2) is 53.5 Å². The van der Waals surface area contributed by atoms with Gasteiger partial charge in [0.2, 0.25) is 0 Å². The number of nitrogens with zero attached hydrogens (tertiary/aromatic N) is 4. The van der Waals surface area contributed by atoms with Crippen molar-refractivity contribution in [2.45, 2.75) is 32.9 Å². The fourth-order valence-corrected chi connectivity index (χ4v) is 4.22. The Hall–Kier alpha value is -2.86. The Morgan fingerprint density at radius 2 is 1.77 bits per heavy atom. The van der Waals surface area contributed by atoms with Crippen molar-refractivity contribution < 1.29 is 0 Å². The second-order valence-electron chi connectivity index (χ2n) is 7.87. The van der Waals surface area contributed by atoms with Crippen LogP contribution in [0.25, 0.3) is 11.0 Å². The van der Waals surface area contributed by atoms with E-state index in [1.165, 1.54) is 16.6 Å². The van der Waals surface area contributed by atoms with Crippen LogP contribution in [-0.2, 0) is 19.5 Å². The van der Waals surface area contributed by atoms with E-state index in [0.29, 0.717) is 0 Å². The molecule has 6 heteroatoms. The Bertz CT molecular complexity index is 1010. The molecule has 1 aliphatic rings. The molecule has 0 bridgehead atoms. The number of hydrogen-bond acceptors (Lipinski definition) is 3. The van der Waals surface area contributed by atoms with E-state index in [4.69, 9.17) is 0 Å². The van der Waals surface area contributed by atoms with Crippen molar-refractivity contribution in [1.82, 2.24) is 25.1 Å². The summed E-state index contributed by atoms with van der Waals surface area (Å²) >= 11 is 0. The summed E-state index contributed by atoms with van der Waals surface area (Å²) < 4.78 is 2.29. The van der Waals surface area contributed by atoms with E-state index in [2.05, 4.69) is 79.5 Å². The summed E-state index contributed by atoms with van der Waals surface area (Å²) in [5.74, 6) is 1.95. The number of para-hydroxylation sites is 2. The Balaban J connectivity index is 1.18. The normalized spacial score (nSPS) is 14.7. The zero-order valence-corrected chi connectivity index (χ0v) is 18.1. The van der Waals surface area contributed by atoms with Gasteiger partial charge in [-0.05, 0) is 43.0 Å². The van der Waals surface area contributed by atoms with Crippen LogP contribution in [-0.4, -0.2) is 53.6 Å². The molecule has 2 N–H and O–H groups in total. The largest absolute Gasteiger partial charge is 0.356 e. The molecule has 4 rings (SSSR count). The molecule has 0 saturated heterocycles. The number of fused-ring (bicyclic) bond motifs is 2. The third kappa shape index (κ3) is 4.82. The van der Waals surface area contributed by atoms with Crippen LogP contribution < -0.4 is 10.6 Å². The van der Waals surface area contributed by atoms with E-state index in [1.807, 2.05) is 13.1 Å². The average Bonchev–Trinajstić information content (AvgIpc) is 3.10. The number of rotatable bonds is 7. The minimum Gasteiger partial charge on any atom is -0.356 e. The van der Waals surface area contributed by atoms with Gasteiger partial charge in [-0.25, -0.2) is 4.98 Å². The Morgan fingerprint density at radius 1 is 1.00 bits per heavy atom. The molecule has 30 heavy (non-hydrogen) atoms. The number of nitrogens with one attached hydrogen (secondary N) is 2. The quantitative estimate of drug-likeness (QED) is 0.361. The van der Waals surface area contributed by atoms with E-state index < -0.39 is 0 Å². The summed E-state index contributed by atoms with van der Waals surface area (Å²) in [6, 6.07) is 17.1. The molecule has 0 atom stereocenters. The van der Waals surface area contributed by atoms with Gasteiger partial charge in [-0.15, -0.1) is 0 Å². The molecule has 6 nitrogen and oxygen atoms in total. The minimum absolute atomic E-state index is 0.875. The molecule has 1 aromatic heterocycles. The van der Waals surface area contributed by atoms with Gasteiger partial charge in [0.15, 0.2) is 5.96 Å². The lowest BCUT2D eigenvalue weighted by Gasteiger charge is -2.28. The number of aromatic nitrogens is 2. The van der Waals surface area contributed by atoms with Gasteiger partial charge in [-0.1, -0.05) is 36.4 Å². The number of hydrogen-bond donors (Lipinski definition) is 2. The molecule has 0 aliphatic carbocycles. The fourth-order valence-electron chi connectivity index (χ4n) is 4.22. The standard InChI is InChI=1S/C24H32N6/c1-19-28-22-10-5-6-11-23(22)30(19)15-7-13-26-24(25-2)27-14-17-29-16-12-20-8-3-4-9-21(20)18-29/h3-6,8-11H,7,12-18H2,1-2H3,(H2,25,26,27). The van der Waals surface area contributed by atoms with Gasteiger partial charge in [0.05, 0.1) is 11.0 Å². The van der Waals surface area contributed by atoms with Crippen LogP contribution in [0.5, 0.6) is 0 Å². The molecular formula is C24H32N6. The first kappa shape index (κ1) is 20.4. The highest BCUT2D eigenvalue weighted by atomic mass is 15.2. The van der Waals surface area contributed by atoms with Gasteiger partial charge in [0.25, 0.3) is 0 Å². The molecule has 2 aromatic carbocycles. The second-order valence-corrected chi connectivity index (χ2v) is 7.87. The van der Waals surface area contributed by atoms with Crippen molar-refractivity contribution in [3.8, 4) is 0 Å². The third-order valence-corrected chi connectivity index (χ3v) is 5.85. The molecule has 2 heterocycles. The van der Waals surface area contributed by atoms with Gasteiger partial charge in [0, 0.05) is 46.3 Å². The molecule has 0 spiro atoms. The maximum absolute atomic E-state index is 4.64. The first-order valence-corrected chi connectivity index (χ1v) is 10.9. The zero-order valence-electron chi connectivity index (χ0n) is 18.1. The van der Waals surface area contributed by atoms with Crippen molar-refractivity contribution in [3.63, 3.8) is 0 Å². The third-order valence-electron chi connectivity index (χ3n) is 5.85. The van der Waals surface area contributed by atoms with E-state index in [9.17, 15) is 0 Å². The van der Waals surface area contributed by atoms with Gasteiger partial charge >= 0.3 is 0 Å². The Morgan fingerprint density at radius 3 is 2.63 bits per heavy atom. The molecular weight excluding hydrogens is 372 g/mol. The lowest BCUT2D eigenvalue weighted by atomic mass is 10.00. The molecule has 0 saturated carbocycles. The molecule has 0 amide bonds. The lowest BCUT2D eigenvalue weighted by Crippen LogP contribution is -2.43. The maximum atomic E-state index is 4.64. The van der Waals surface area contributed by atoms with Crippen LogP contribution in [0.3, 0.4) is 0 Å². The van der Waals surface area contributed by atoms with Crippen molar-refractivity contribution in [2.24, 2.45) is 4.99 Å². The molecule has 158 valence electrons. The van der Waals surface area contributed by atoms with Crippen molar-refractivity contribution in [1.29, 1.82) is 0 Å². The topological polar surface area (TPSA) is 57.5 Å². The lowest BCUT2D eigenvalue weighted by molar-refractivity contribution is 0.258. The smallest absolute Gasteiger partial charge is 0.191 e. The Kier molecular flexibility index (Phi) is 6.64. The van der Waals surface area contributed by atoms with Crippen molar-refractivity contribution >= 4 is 17.0 Å². The Labute approximate surface area is 179 Å².